The highest BCUT2D eigenvalue weighted by atomic mass is 32.2. The molecule has 21 heavy (non-hydrogen) atoms. The average Bonchev–Trinajstić information content (AvgIpc) is 2.42. The summed E-state index contributed by atoms with van der Waals surface area (Å²) in [7, 11) is 0. The first-order valence-electron chi connectivity index (χ1n) is 6.01. The van der Waals surface area contributed by atoms with Crippen molar-refractivity contribution in [2.24, 2.45) is 0 Å². The smallest absolute Gasteiger partial charge is 0.387 e. The van der Waals surface area contributed by atoms with Crippen LogP contribution in [0.4, 0.5) is 8.78 Å². The predicted molar refractivity (Wildman–Crippen MR) is 75.0 cm³/mol. The topological polar surface area (TPSA) is 75.6 Å². The Balaban J connectivity index is 2.75. The van der Waals surface area contributed by atoms with Crippen LogP contribution in [0.15, 0.2) is 24.3 Å². The molecule has 0 aromatic heterocycles. The normalized spacial score (nSPS) is 12.0. The molecule has 116 valence electrons. The van der Waals surface area contributed by atoms with Crippen LogP contribution in [0.2, 0.25) is 0 Å². The molecule has 1 amide bonds. The number of aliphatic carboxylic acids is 1. The van der Waals surface area contributed by atoms with Gasteiger partial charge in [0.2, 0.25) is 0 Å². The number of carboxylic acid groups (broad SMARTS) is 1. The number of hydrogen-bond donors (Lipinski definition) is 2. The number of benzene rings is 1. The summed E-state index contributed by atoms with van der Waals surface area (Å²) in [4.78, 5) is 23.0. The summed E-state index contributed by atoms with van der Waals surface area (Å²) in [5.41, 5.74) is 0.0588. The van der Waals surface area contributed by atoms with Gasteiger partial charge in [0.15, 0.2) is 0 Å². The fourth-order valence-electron chi connectivity index (χ4n) is 1.55. The summed E-state index contributed by atoms with van der Waals surface area (Å²) in [5, 5.41) is 11.4. The first-order valence-corrected chi connectivity index (χ1v) is 7.41. The van der Waals surface area contributed by atoms with Gasteiger partial charge in [-0.2, -0.15) is 20.5 Å². The van der Waals surface area contributed by atoms with E-state index in [2.05, 4.69) is 10.1 Å². The van der Waals surface area contributed by atoms with E-state index < -0.39 is 24.5 Å². The van der Waals surface area contributed by atoms with Crippen molar-refractivity contribution in [1.29, 1.82) is 0 Å². The van der Waals surface area contributed by atoms with E-state index in [9.17, 15) is 18.4 Å². The van der Waals surface area contributed by atoms with Crippen molar-refractivity contribution in [2.75, 3.05) is 12.0 Å². The maximum Gasteiger partial charge on any atom is 0.387 e. The van der Waals surface area contributed by atoms with Crippen LogP contribution in [0.1, 0.15) is 16.8 Å². The summed E-state index contributed by atoms with van der Waals surface area (Å²) in [6, 6.07) is 4.16. The van der Waals surface area contributed by atoms with Gasteiger partial charge in [0.25, 0.3) is 5.91 Å². The molecule has 0 bridgehead atoms. The van der Waals surface area contributed by atoms with Gasteiger partial charge in [-0.1, -0.05) is 6.07 Å². The van der Waals surface area contributed by atoms with Gasteiger partial charge in [-0.3, -0.25) is 4.79 Å². The molecule has 0 radical (unpaired) electrons. The molecule has 1 rings (SSSR count). The molecule has 1 aromatic carbocycles. The molecular weight excluding hydrogens is 304 g/mol. The molecule has 8 heteroatoms. The Hall–Kier alpha value is -1.83. The van der Waals surface area contributed by atoms with E-state index in [-0.39, 0.29) is 17.7 Å². The molecule has 0 aliphatic heterocycles. The minimum atomic E-state index is -2.99. The summed E-state index contributed by atoms with van der Waals surface area (Å²) in [6.45, 7) is -2.99. The fraction of sp³-hybridized carbons (Fsp3) is 0.385. The summed E-state index contributed by atoms with van der Waals surface area (Å²) >= 11 is 1.46. The lowest BCUT2D eigenvalue weighted by atomic mass is 10.1. The first kappa shape index (κ1) is 17.2. The number of ether oxygens (including phenoxy) is 1. The monoisotopic (exact) mass is 319 g/mol. The van der Waals surface area contributed by atoms with Gasteiger partial charge >= 0.3 is 12.6 Å². The highest BCUT2D eigenvalue weighted by Gasteiger charge is 2.20. The van der Waals surface area contributed by atoms with Crippen molar-refractivity contribution in [3.63, 3.8) is 0 Å². The van der Waals surface area contributed by atoms with Crippen LogP contribution in [-0.2, 0) is 4.79 Å². The third kappa shape index (κ3) is 5.99. The van der Waals surface area contributed by atoms with Gasteiger partial charge in [0, 0.05) is 5.56 Å². The Bertz CT molecular complexity index is 499. The fourth-order valence-corrected chi connectivity index (χ4v) is 2.02. The van der Waals surface area contributed by atoms with Crippen molar-refractivity contribution >= 4 is 23.6 Å². The lowest BCUT2D eigenvalue weighted by Gasteiger charge is -2.14. The number of halogens is 2. The molecule has 0 saturated carbocycles. The number of carbonyl (C=O) groups is 2. The van der Waals surface area contributed by atoms with E-state index in [1.54, 1.807) is 0 Å². The molecule has 0 spiro atoms. The molecule has 2 N–H and O–H groups in total. The number of amides is 1. The zero-order valence-electron chi connectivity index (χ0n) is 11.2. The minimum absolute atomic E-state index is 0.0588. The van der Waals surface area contributed by atoms with Crippen LogP contribution in [0.5, 0.6) is 5.75 Å². The van der Waals surface area contributed by atoms with Gasteiger partial charge in [-0.05, 0) is 36.6 Å². The van der Waals surface area contributed by atoms with Crippen molar-refractivity contribution in [2.45, 2.75) is 19.1 Å². The Labute approximate surface area is 124 Å². The van der Waals surface area contributed by atoms with Crippen LogP contribution in [-0.4, -0.2) is 41.6 Å². The molecule has 1 atom stereocenters. The molecule has 0 aliphatic rings. The summed E-state index contributed by atoms with van der Waals surface area (Å²) < 4.78 is 28.4. The third-order valence-corrected chi connectivity index (χ3v) is 3.18. The van der Waals surface area contributed by atoms with E-state index in [1.807, 2.05) is 6.26 Å². The largest absolute Gasteiger partial charge is 0.480 e. The highest BCUT2D eigenvalue weighted by Crippen LogP contribution is 2.16. The van der Waals surface area contributed by atoms with Gasteiger partial charge in [-0.25, -0.2) is 4.79 Å². The second kappa shape index (κ2) is 8.46. The number of carboxylic acids is 1. The SMILES string of the molecule is CSCCC(NC(=O)c1cccc(OC(F)F)c1)C(=O)O. The summed E-state index contributed by atoms with van der Waals surface area (Å²) in [6.07, 6.45) is 2.10. The second-order valence-corrected chi connectivity index (χ2v) is 5.04. The molecule has 0 heterocycles. The van der Waals surface area contributed by atoms with Crippen molar-refractivity contribution in [3.05, 3.63) is 29.8 Å². The van der Waals surface area contributed by atoms with Crippen LogP contribution in [0, 0.1) is 0 Å². The molecule has 1 aromatic rings. The molecule has 5 nitrogen and oxygen atoms in total. The van der Waals surface area contributed by atoms with Crippen molar-refractivity contribution in [3.8, 4) is 5.75 Å². The van der Waals surface area contributed by atoms with Crippen LogP contribution in [0.3, 0.4) is 0 Å². The Morgan fingerprint density at radius 2 is 2.14 bits per heavy atom. The standard InChI is InChI=1S/C13H15F2NO4S/c1-21-6-5-10(12(18)19)16-11(17)8-3-2-4-9(7-8)20-13(14)15/h2-4,7,10,13H,5-6H2,1H3,(H,16,17)(H,18,19). The zero-order valence-corrected chi connectivity index (χ0v) is 12.0. The van der Waals surface area contributed by atoms with Crippen molar-refractivity contribution < 1.29 is 28.2 Å². The lowest BCUT2D eigenvalue weighted by Crippen LogP contribution is -2.41. The Kier molecular flexibility index (Phi) is 6.93. The number of alkyl halides is 2. The molecule has 1 unspecified atom stereocenters. The Morgan fingerprint density at radius 1 is 1.43 bits per heavy atom. The highest BCUT2D eigenvalue weighted by molar-refractivity contribution is 7.98. The first-order chi connectivity index (χ1) is 9.93. The van der Waals surface area contributed by atoms with E-state index in [4.69, 9.17) is 5.11 Å². The Morgan fingerprint density at radius 3 is 2.71 bits per heavy atom. The molecule has 0 saturated heterocycles. The minimum Gasteiger partial charge on any atom is -0.480 e. The second-order valence-electron chi connectivity index (χ2n) is 4.05. The predicted octanol–water partition coefficient (Wildman–Crippen LogP) is 2.22. The number of rotatable bonds is 8. The lowest BCUT2D eigenvalue weighted by molar-refractivity contribution is -0.139. The van der Waals surface area contributed by atoms with Gasteiger partial charge < -0.3 is 15.2 Å². The van der Waals surface area contributed by atoms with Gasteiger partial charge in [0.1, 0.15) is 11.8 Å². The third-order valence-electron chi connectivity index (χ3n) is 2.54. The van der Waals surface area contributed by atoms with Crippen LogP contribution in [0.25, 0.3) is 0 Å². The maximum atomic E-state index is 12.1. The molecule has 0 fully saturated rings. The summed E-state index contributed by atoms with van der Waals surface area (Å²) in [5.74, 6) is -1.37. The number of hydrogen-bond acceptors (Lipinski definition) is 4. The maximum absolute atomic E-state index is 12.1. The number of thioether (sulfide) groups is 1. The van der Waals surface area contributed by atoms with Gasteiger partial charge in [0.05, 0.1) is 0 Å². The van der Waals surface area contributed by atoms with E-state index >= 15 is 0 Å². The zero-order chi connectivity index (χ0) is 15.8. The quantitative estimate of drug-likeness (QED) is 0.768. The van der Waals surface area contributed by atoms with Crippen molar-refractivity contribution in [1.82, 2.24) is 5.32 Å². The van der Waals surface area contributed by atoms with Crippen LogP contribution >= 0.6 is 11.8 Å². The number of carbonyl (C=O) groups excluding carboxylic acids is 1. The van der Waals surface area contributed by atoms with Crippen LogP contribution < -0.4 is 10.1 Å². The number of nitrogens with one attached hydrogen (secondary N) is 1. The molecule has 0 aliphatic carbocycles. The van der Waals surface area contributed by atoms with E-state index in [1.165, 1.54) is 30.0 Å². The van der Waals surface area contributed by atoms with Gasteiger partial charge in [-0.15, -0.1) is 0 Å². The van der Waals surface area contributed by atoms with E-state index in [0.717, 1.165) is 6.07 Å². The van der Waals surface area contributed by atoms with E-state index in [0.29, 0.717) is 5.75 Å². The average molecular weight is 319 g/mol. The molecular formula is C13H15F2NO4S.